The van der Waals surface area contributed by atoms with Gasteiger partial charge in [-0.05, 0) is 70.5 Å². The van der Waals surface area contributed by atoms with Crippen LogP contribution in [0.25, 0.3) is 0 Å². The van der Waals surface area contributed by atoms with Crippen LogP contribution >= 0.6 is 12.4 Å². The third kappa shape index (κ3) is 5.30. The molecular weight excluding hydrogens is 495 g/mol. The van der Waals surface area contributed by atoms with Crippen molar-refractivity contribution < 1.29 is 31.5 Å². The van der Waals surface area contributed by atoms with Gasteiger partial charge in [-0.15, -0.1) is 25.6 Å². The average Bonchev–Trinajstić information content (AvgIpc) is 3.02. The number of carbonyl (C=O) groups excluding carboxylic acids is 1. The lowest BCUT2D eigenvalue weighted by molar-refractivity contribution is -0.276. The zero-order valence-corrected chi connectivity index (χ0v) is 20.2. The lowest BCUT2D eigenvalue weighted by Gasteiger charge is -2.48. The Morgan fingerprint density at radius 2 is 1.66 bits per heavy atom. The summed E-state index contributed by atoms with van der Waals surface area (Å²) in [7, 11) is 3.72. The van der Waals surface area contributed by atoms with E-state index in [1.165, 1.54) is 30.0 Å². The van der Waals surface area contributed by atoms with E-state index in [2.05, 4.69) is 15.0 Å². The molecule has 2 fully saturated rings. The molecule has 1 aromatic carbocycles. The second-order valence-corrected chi connectivity index (χ2v) is 9.18. The summed E-state index contributed by atoms with van der Waals surface area (Å²) in [6.45, 7) is 1.81. The summed E-state index contributed by atoms with van der Waals surface area (Å²) < 4.78 is 69.2. The van der Waals surface area contributed by atoms with Crippen molar-refractivity contribution >= 4 is 24.1 Å². The summed E-state index contributed by atoms with van der Waals surface area (Å²) in [5, 5.41) is 3.03. The van der Waals surface area contributed by atoms with Crippen molar-refractivity contribution in [2.75, 3.05) is 25.5 Å². The molecule has 6 nitrogen and oxygen atoms in total. The minimum absolute atomic E-state index is 0. The van der Waals surface area contributed by atoms with Crippen LogP contribution in [0.3, 0.4) is 0 Å². The van der Waals surface area contributed by atoms with Gasteiger partial charge < -0.3 is 10.1 Å². The molecule has 0 atom stereocenters. The molecule has 192 valence electrons. The van der Waals surface area contributed by atoms with Gasteiger partial charge in [0.2, 0.25) is 5.88 Å². The summed E-state index contributed by atoms with van der Waals surface area (Å²) in [4.78, 5) is 20.1. The Kier molecular flexibility index (Phi) is 7.25. The highest BCUT2D eigenvalue weighted by Gasteiger charge is 2.50. The summed E-state index contributed by atoms with van der Waals surface area (Å²) >= 11 is 0. The number of anilines is 1. The van der Waals surface area contributed by atoms with E-state index >= 15 is 0 Å². The van der Waals surface area contributed by atoms with Crippen molar-refractivity contribution in [3.63, 3.8) is 0 Å². The Balaban J connectivity index is 0.00000342. The molecular formula is C23H26ClF5N4O2. The van der Waals surface area contributed by atoms with Gasteiger partial charge in [-0.1, -0.05) is 0 Å². The second kappa shape index (κ2) is 9.42. The van der Waals surface area contributed by atoms with Crippen LogP contribution in [0.4, 0.5) is 32.4 Å². The molecule has 0 radical (unpaired) electrons. The maximum Gasteiger partial charge on any atom is 0.574 e. The zero-order valence-electron chi connectivity index (χ0n) is 19.4. The molecule has 1 spiro atoms. The largest absolute Gasteiger partial charge is 0.574 e. The average molecular weight is 521 g/mol. The maximum absolute atomic E-state index is 14.0. The van der Waals surface area contributed by atoms with E-state index in [0.29, 0.717) is 43.5 Å². The molecule has 0 unspecified atom stereocenters. The molecule has 2 aromatic rings. The third-order valence-electron chi connectivity index (χ3n) is 6.91. The van der Waals surface area contributed by atoms with Crippen molar-refractivity contribution in [1.29, 1.82) is 0 Å². The lowest BCUT2D eigenvalue weighted by atomic mass is 9.69. The minimum atomic E-state index is -4.86. The summed E-state index contributed by atoms with van der Waals surface area (Å²) in [6.07, 6.45) is -2.67. The SMILES string of the molecule is Cc1nc(OC(F)(F)F)ccc1N1CC2(CCC(c3cc(F)cc(F)c3)(N(C)C)CC2)NC1=O.Cl. The highest BCUT2D eigenvalue weighted by Crippen LogP contribution is 2.47. The van der Waals surface area contributed by atoms with Gasteiger partial charge in [-0.2, -0.15) is 0 Å². The molecule has 4 rings (SSSR count). The fourth-order valence-electron chi connectivity index (χ4n) is 5.14. The van der Waals surface area contributed by atoms with Crippen molar-refractivity contribution in [2.24, 2.45) is 0 Å². The number of nitrogens with one attached hydrogen (secondary N) is 1. The number of ether oxygens (including phenoxy) is 1. The molecule has 1 N–H and O–H groups in total. The third-order valence-corrected chi connectivity index (χ3v) is 6.91. The Morgan fingerprint density at radius 3 is 2.17 bits per heavy atom. The van der Waals surface area contributed by atoms with E-state index in [-0.39, 0.29) is 24.1 Å². The number of carbonyl (C=O) groups is 1. The van der Waals surface area contributed by atoms with Crippen molar-refractivity contribution in [1.82, 2.24) is 15.2 Å². The van der Waals surface area contributed by atoms with E-state index in [9.17, 15) is 26.7 Å². The molecule has 0 bridgehead atoms. The molecule has 2 amide bonds. The number of amides is 2. The lowest BCUT2D eigenvalue weighted by Crippen LogP contribution is -2.54. The summed E-state index contributed by atoms with van der Waals surface area (Å²) in [5.41, 5.74) is -0.00862. The first-order valence-electron chi connectivity index (χ1n) is 10.8. The van der Waals surface area contributed by atoms with Crippen LogP contribution in [0, 0.1) is 18.6 Å². The van der Waals surface area contributed by atoms with Gasteiger partial charge in [-0.3, -0.25) is 9.80 Å². The normalized spacial score (nSPS) is 24.5. The monoisotopic (exact) mass is 520 g/mol. The molecule has 2 aliphatic rings. The van der Waals surface area contributed by atoms with Crippen molar-refractivity contribution in [3.05, 3.63) is 53.2 Å². The molecule has 2 heterocycles. The standard InChI is InChI=1S/C23H25F5N4O2.ClH/c1-14-18(4-5-19(29-14)34-23(26,27)28)32-13-21(30-20(32)33)6-8-22(9-7-21,31(2)3)15-10-16(24)12-17(25)11-15;/h4-5,10-12H,6-9,13H2,1-3H3,(H,30,33);1H. The van der Waals surface area contributed by atoms with Crippen LogP contribution in [0.1, 0.15) is 36.9 Å². The van der Waals surface area contributed by atoms with Gasteiger partial charge in [0.25, 0.3) is 0 Å². The van der Waals surface area contributed by atoms with Crippen LogP contribution in [-0.2, 0) is 5.54 Å². The van der Waals surface area contributed by atoms with Crippen LogP contribution < -0.4 is 15.0 Å². The number of hydrogen-bond acceptors (Lipinski definition) is 4. The van der Waals surface area contributed by atoms with Crippen LogP contribution in [0.5, 0.6) is 5.88 Å². The molecule has 35 heavy (non-hydrogen) atoms. The fraction of sp³-hybridized carbons (Fsp3) is 0.478. The Morgan fingerprint density at radius 1 is 1.06 bits per heavy atom. The predicted octanol–water partition coefficient (Wildman–Crippen LogP) is 5.29. The summed E-state index contributed by atoms with van der Waals surface area (Å²) in [6, 6.07) is 5.62. The fourth-order valence-corrected chi connectivity index (χ4v) is 5.14. The van der Waals surface area contributed by atoms with Gasteiger partial charge in [0.05, 0.1) is 23.5 Å². The van der Waals surface area contributed by atoms with Crippen LogP contribution in [-0.4, -0.2) is 48.5 Å². The minimum Gasteiger partial charge on any atom is -0.388 e. The number of rotatable bonds is 4. The van der Waals surface area contributed by atoms with E-state index in [1.54, 1.807) is 0 Å². The number of alkyl halides is 3. The van der Waals surface area contributed by atoms with E-state index < -0.39 is 35.0 Å². The second-order valence-electron chi connectivity index (χ2n) is 9.18. The number of urea groups is 1. The molecule has 1 saturated heterocycles. The quantitative estimate of drug-likeness (QED) is 0.557. The van der Waals surface area contributed by atoms with E-state index in [0.717, 1.165) is 12.1 Å². The van der Waals surface area contributed by atoms with Gasteiger partial charge in [-0.25, -0.2) is 18.6 Å². The van der Waals surface area contributed by atoms with Gasteiger partial charge in [0, 0.05) is 17.7 Å². The number of nitrogens with zero attached hydrogens (tertiary/aromatic N) is 3. The van der Waals surface area contributed by atoms with E-state index in [1.807, 2.05) is 19.0 Å². The van der Waals surface area contributed by atoms with Gasteiger partial charge >= 0.3 is 12.4 Å². The highest BCUT2D eigenvalue weighted by molar-refractivity contribution is 5.95. The highest BCUT2D eigenvalue weighted by atomic mass is 35.5. The van der Waals surface area contributed by atoms with Crippen LogP contribution in [0.15, 0.2) is 30.3 Å². The van der Waals surface area contributed by atoms with Crippen LogP contribution in [0.2, 0.25) is 0 Å². The number of aryl methyl sites for hydroxylation is 1. The van der Waals surface area contributed by atoms with Crippen molar-refractivity contribution in [2.45, 2.75) is 50.0 Å². The zero-order chi connectivity index (χ0) is 24.9. The number of pyridine rings is 1. The molecule has 12 heteroatoms. The molecule has 1 aliphatic heterocycles. The van der Waals surface area contributed by atoms with Gasteiger partial charge in [0.1, 0.15) is 11.6 Å². The smallest absolute Gasteiger partial charge is 0.388 e. The maximum atomic E-state index is 14.0. The number of halogens is 6. The number of benzene rings is 1. The number of hydrogen-bond donors (Lipinski definition) is 1. The molecule has 1 saturated carbocycles. The first-order chi connectivity index (χ1) is 15.8. The van der Waals surface area contributed by atoms with E-state index in [4.69, 9.17) is 0 Å². The Labute approximate surface area is 205 Å². The Hall–Kier alpha value is -2.66. The van der Waals surface area contributed by atoms with Crippen molar-refractivity contribution in [3.8, 4) is 5.88 Å². The molecule has 1 aromatic heterocycles. The van der Waals surface area contributed by atoms with Gasteiger partial charge in [0.15, 0.2) is 0 Å². The first kappa shape index (κ1) is 26.9. The first-order valence-corrected chi connectivity index (χ1v) is 10.8. The summed E-state index contributed by atoms with van der Waals surface area (Å²) in [5.74, 6) is -1.88. The number of aromatic nitrogens is 1. The Bertz CT molecular complexity index is 1080. The molecule has 1 aliphatic carbocycles. The predicted molar refractivity (Wildman–Crippen MR) is 122 cm³/mol. The topological polar surface area (TPSA) is 57.7 Å².